The van der Waals surface area contributed by atoms with E-state index in [9.17, 15) is 22.8 Å². The standard InChI is InChI=1S/C18H15ClF3N7O2S/c19-10-5-25-13(3-9(10)18(20,21)22)29-17(31)12-6-26-14(32-12)2-1-11(30)15-8(4-23)16(24)28-7-27-15/h3,5-7H,1-2,4,23H2,(H2,24,27,28)(H,25,29,31). The molecule has 0 saturated carbocycles. The van der Waals surface area contributed by atoms with Crippen LogP contribution in [0.1, 0.15) is 42.7 Å². The largest absolute Gasteiger partial charge is 0.418 e. The molecule has 168 valence electrons. The minimum Gasteiger partial charge on any atom is -0.383 e. The zero-order valence-electron chi connectivity index (χ0n) is 16.1. The zero-order chi connectivity index (χ0) is 23.5. The molecular formula is C18H15ClF3N7O2S. The third-order valence-corrected chi connectivity index (χ3v) is 5.55. The number of alkyl halides is 3. The number of nitrogens with zero attached hydrogens (tertiary/aromatic N) is 4. The van der Waals surface area contributed by atoms with Gasteiger partial charge in [0.1, 0.15) is 28.5 Å². The number of aromatic nitrogens is 4. The lowest BCUT2D eigenvalue weighted by Gasteiger charge is -2.10. The third kappa shape index (κ3) is 5.36. The molecule has 14 heteroatoms. The quantitative estimate of drug-likeness (QED) is 0.432. The molecule has 0 spiro atoms. The number of anilines is 2. The minimum atomic E-state index is -4.69. The van der Waals surface area contributed by atoms with E-state index in [1.54, 1.807) is 0 Å². The van der Waals surface area contributed by atoms with Crippen molar-refractivity contribution in [3.05, 3.63) is 56.5 Å². The molecule has 1 amide bonds. The maximum absolute atomic E-state index is 13.0. The molecule has 5 N–H and O–H groups in total. The van der Waals surface area contributed by atoms with Gasteiger partial charge in [-0.05, 0) is 6.07 Å². The molecule has 3 rings (SSSR count). The average Bonchev–Trinajstić information content (AvgIpc) is 3.21. The van der Waals surface area contributed by atoms with Gasteiger partial charge >= 0.3 is 6.18 Å². The fourth-order valence-corrected chi connectivity index (χ4v) is 3.66. The molecule has 0 radical (unpaired) electrons. The van der Waals surface area contributed by atoms with Crippen molar-refractivity contribution in [2.45, 2.75) is 25.6 Å². The number of carbonyl (C=O) groups is 2. The number of hydrogen-bond donors (Lipinski definition) is 3. The number of nitrogens with two attached hydrogens (primary N) is 2. The molecule has 0 saturated heterocycles. The van der Waals surface area contributed by atoms with Gasteiger partial charge in [0, 0.05) is 31.1 Å². The number of aryl methyl sites for hydroxylation is 1. The van der Waals surface area contributed by atoms with Gasteiger partial charge < -0.3 is 16.8 Å². The number of thiazole rings is 1. The highest BCUT2D eigenvalue weighted by Crippen LogP contribution is 2.35. The lowest BCUT2D eigenvalue weighted by molar-refractivity contribution is -0.137. The van der Waals surface area contributed by atoms with Crippen molar-refractivity contribution in [2.75, 3.05) is 11.1 Å². The van der Waals surface area contributed by atoms with E-state index in [2.05, 4.69) is 25.3 Å². The molecule has 0 atom stereocenters. The van der Waals surface area contributed by atoms with E-state index in [0.717, 1.165) is 17.5 Å². The molecule has 0 aliphatic rings. The van der Waals surface area contributed by atoms with E-state index in [4.69, 9.17) is 23.1 Å². The van der Waals surface area contributed by atoms with Crippen LogP contribution in [0.5, 0.6) is 0 Å². The number of pyridine rings is 1. The first kappa shape index (κ1) is 23.5. The van der Waals surface area contributed by atoms with Gasteiger partial charge in [-0.1, -0.05) is 11.6 Å². The van der Waals surface area contributed by atoms with Crippen molar-refractivity contribution in [3.63, 3.8) is 0 Å². The summed E-state index contributed by atoms with van der Waals surface area (Å²) in [5.41, 5.74) is 10.7. The van der Waals surface area contributed by atoms with Crippen molar-refractivity contribution in [1.82, 2.24) is 19.9 Å². The summed E-state index contributed by atoms with van der Waals surface area (Å²) >= 11 is 6.51. The number of amides is 1. The summed E-state index contributed by atoms with van der Waals surface area (Å²) < 4.78 is 38.9. The molecule has 0 fully saturated rings. The Bertz CT molecular complexity index is 1170. The Labute approximate surface area is 188 Å². The molecule has 0 bridgehead atoms. The second-order valence-electron chi connectivity index (χ2n) is 6.33. The fourth-order valence-electron chi connectivity index (χ4n) is 2.64. The van der Waals surface area contributed by atoms with Crippen LogP contribution in [0.25, 0.3) is 0 Å². The summed E-state index contributed by atoms with van der Waals surface area (Å²) in [7, 11) is 0. The summed E-state index contributed by atoms with van der Waals surface area (Å²) in [4.78, 5) is 40.4. The second-order valence-corrected chi connectivity index (χ2v) is 7.86. The first-order valence-electron chi connectivity index (χ1n) is 8.91. The van der Waals surface area contributed by atoms with Crippen LogP contribution in [-0.2, 0) is 19.1 Å². The number of nitrogen functional groups attached to an aromatic ring is 1. The lowest BCUT2D eigenvalue weighted by atomic mass is 10.1. The zero-order valence-corrected chi connectivity index (χ0v) is 17.7. The predicted molar refractivity (Wildman–Crippen MR) is 111 cm³/mol. The van der Waals surface area contributed by atoms with E-state index in [1.807, 2.05) is 0 Å². The monoisotopic (exact) mass is 485 g/mol. The topological polar surface area (TPSA) is 150 Å². The van der Waals surface area contributed by atoms with Gasteiger partial charge in [0.15, 0.2) is 5.78 Å². The van der Waals surface area contributed by atoms with Crippen LogP contribution in [0, 0.1) is 0 Å². The molecule has 32 heavy (non-hydrogen) atoms. The van der Waals surface area contributed by atoms with E-state index >= 15 is 0 Å². The summed E-state index contributed by atoms with van der Waals surface area (Å²) in [6.45, 7) is 0.00407. The van der Waals surface area contributed by atoms with Crippen molar-refractivity contribution in [3.8, 4) is 0 Å². The molecule has 0 unspecified atom stereocenters. The van der Waals surface area contributed by atoms with Gasteiger partial charge in [-0.15, -0.1) is 11.3 Å². The van der Waals surface area contributed by atoms with Gasteiger partial charge in [0.25, 0.3) is 5.91 Å². The summed E-state index contributed by atoms with van der Waals surface area (Å²) in [5, 5.41) is 2.17. The first-order valence-corrected chi connectivity index (χ1v) is 10.1. The van der Waals surface area contributed by atoms with Gasteiger partial charge in [0.05, 0.1) is 21.8 Å². The predicted octanol–water partition coefficient (Wildman–Crippen LogP) is 3.11. The van der Waals surface area contributed by atoms with E-state index in [1.165, 1.54) is 12.5 Å². The highest BCUT2D eigenvalue weighted by atomic mass is 35.5. The van der Waals surface area contributed by atoms with Gasteiger partial charge in [-0.2, -0.15) is 13.2 Å². The van der Waals surface area contributed by atoms with Crippen LogP contribution < -0.4 is 16.8 Å². The molecule has 0 aliphatic carbocycles. The normalized spacial score (nSPS) is 11.4. The SMILES string of the molecule is NCc1c(N)ncnc1C(=O)CCc1ncc(C(=O)Nc2cc(C(F)(F)F)c(Cl)cn2)s1. The Morgan fingerprint density at radius 3 is 2.59 bits per heavy atom. The third-order valence-electron chi connectivity index (χ3n) is 4.19. The number of nitrogens with one attached hydrogen (secondary N) is 1. The van der Waals surface area contributed by atoms with Crippen LogP contribution in [0.2, 0.25) is 5.02 Å². The van der Waals surface area contributed by atoms with Crippen LogP contribution >= 0.6 is 22.9 Å². The Balaban J connectivity index is 1.66. The number of halogens is 4. The van der Waals surface area contributed by atoms with E-state index < -0.39 is 22.7 Å². The summed E-state index contributed by atoms with van der Waals surface area (Å²) in [6, 6.07) is 0.642. The number of hydrogen-bond acceptors (Lipinski definition) is 9. The average molecular weight is 486 g/mol. The minimum absolute atomic E-state index is 0.00407. The van der Waals surface area contributed by atoms with Crippen molar-refractivity contribution in [2.24, 2.45) is 5.73 Å². The second kappa shape index (κ2) is 9.54. The number of Topliss-reactive ketones (excluding diaryl/α,β-unsaturated/α-hetero) is 1. The Morgan fingerprint density at radius 2 is 1.91 bits per heavy atom. The Kier molecular flexibility index (Phi) is 7.01. The van der Waals surface area contributed by atoms with E-state index in [0.29, 0.717) is 16.6 Å². The number of ketones is 1. The molecule has 0 aliphatic heterocycles. The Morgan fingerprint density at radius 1 is 1.16 bits per heavy atom. The summed E-state index contributed by atoms with van der Waals surface area (Å²) in [6.07, 6.45) is -1.22. The maximum atomic E-state index is 13.0. The first-order chi connectivity index (χ1) is 15.1. The summed E-state index contributed by atoms with van der Waals surface area (Å²) in [5.74, 6) is -1.20. The van der Waals surface area contributed by atoms with Crippen molar-refractivity contribution >= 4 is 46.3 Å². The maximum Gasteiger partial charge on any atom is 0.418 e. The smallest absolute Gasteiger partial charge is 0.383 e. The molecule has 3 aromatic heterocycles. The highest BCUT2D eigenvalue weighted by molar-refractivity contribution is 7.13. The lowest BCUT2D eigenvalue weighted by Crippen LogP contribution is -2.14. The van der Waals surface area contributed by atoms with Crippen LogP contribution in [0.15, 0.2) is 24.8 Å². The van der Waals surface area contributed by atoms with Crippen LogP contribution in [-0.4, -0.2) is 31.6 Å². The van der Waals surface area contributed by atoms with E-state index in [-0.39, 0.29) is 47.4 Å². The Hall–Kier alpha value is -3.16. The van der Waals surface area contributed by atoms with Gasteiger partial charge in [0.2, 0.25) is 0 Å². The highest BCUT2D eigenvalue weighted by Gasteiger charge is 2.34. The van der Waals surface area contributed by atoms with Crippen molar-refractivity contribution < 1.29 is 22.8 Å². The molecule has 3 heterocycles. The molecule has 3 aromatic rings. The molecule has 9 nitrogen and oxygen atoms in total. The van der Waals surface area contributed by atoms with Gasteiger partial charge in [-0.25, -0.2) is 19.9 Å². The van der Waals surface area contributed by atoms with Crippen LogP contribution in [0.3, 0.4) is 0 Å². The fraction of sp³-hybridized carbons (Fsp3) is 0.222. The van der Waals surface area contributed by atoms with Gasteiger partial charge in [-0.3, -0.25) is 9.59 Å². The molecule has 0 aromatic carbocycles. The number of carbonyl (C=O) groups excluding carboxylic acids is 2. The molecular weight excluding hydrogens is 471 g/mol. The van der Waals surface area contributed by atoms with Crippen LogP contribution in [0.4, 0.5) is 24.8 Å². The number of rotatable bonds is 7. The van der Waals surface area contributed by atoms with Crippen molar-refractivity contribution in [1.29, 1.82) is 0 Å².